The van der Waals surface area contributed by atoms with Gasteiger partial charge in [0.05, 0.1) is 22.6 Å². The highest BCUT2D eigenvalue weighted by Crippen LogP contribution is 2.30. The van der Waals surface area contributed by atoms with Crippen LogP contribution in [0.3, 0.4) is 0 Å². The van der Waals surface area contributed by atoms with Crippen LogP contribution in [0.25, 0.3) is 0 Å². The lowest BCUT2D eigenvalue weighted by Gasteiger charge is -2.10. The summed E-state index contributed by atoms with van der Waals surface area (Å²) in [5.74, 6) is 0.0751. The van der Waals surface area contributed by atoms with E-state index in [0.717, 1.165) is 6.42 Å². The topological polar surface area (TPSA) is 90.7 Å². The molecule has 0 bridgehead atoms. The number of ether oxygens (including phenoxy) is 2. The number of amides is 1. The van der Waals surface area contributed by atoms with Crippen LogP contribution in [-0.4, -0.2) is 24.0 Å². The van der Waals surface area contributed by atoms with Crippen LogP contribution in [0, 0.1) is 10.1 Å². The number of benzene rings is 2. The molecule has 0 atom stereocenters. The van der Waals surface area contributed by atoms with Crippen LogP contribution in [0.2, 0.25) is 10.0 Å². The molecule has 0 saturated heterocycles. The van der Waals surface area contributed by atoms with Gasteiger partial charge >= 0.3 is 0 Å². The second-order valence-corrected chi connectivity index (χ2v) is 6.04. The number of nitro benzene ring substituents is 1. The minimum Gasteiger partial charge on any atom is -0.493 e. The first-order valence-electron chi connectivity index (χ1n) is 7.69. The van der Waals surface area contributed by atoms with Gasteiger partial charge in [0.15, 0.2) is 6.61 Å². The van der Waals surface area contributed by atoms with Gasteiger partial charge in [0, 0.05) is 5.02 Å². The van der Waals surface area contributed by atoms with Crippen LogP contribution in [-0.2, 0) is 4.79 Å². The van der Waals surface area contributed by atoms with E-state index in [0.29, 0.717) is 17.4 Å². The van der Waals surface area contributed by atoms with E-state index in [2.05, 4.69) is 5.32 Å². The first-order valence-corrected chi connectivity index (χ1v) is 8.45. The molecule has 1 N–H and O–H groups in total. The average molecular weight is 399 g/mol. The van der Waals surface area contributed by atoms with Crippen molar-refractivity contribution in [2.24, 2.45) is 0 Å². The van der Waals surface area contributed by atoms with Crippen LogP contribution in [0.1, 0.15) is 13.3 Å². The number of hydrogen-bond donors (Lipinski definition) is 1. The Bertz CT molecular complexity index is 814. The number of nitrogens with one attached hydrogen (secondary N) is 1. The summed E-state index contributed by atoms with van der Waals surface area (Å²) in [6.45, 7) is 2.00. The van der Waals surface area contributed by atoms with E-state index in [9.17, 15) is 14.9 Å². The molecule has 26 heavy (non-hydrogen) atoms. The summed E-state index contributed by atoms with van der Waals surface area (Å²) in [6.07, 6.45) is 0.775. The highest BCUT2D eigenvalue weighted by atomic mass is 35.5. The van der Waals surface area contributed by atoms with Gasteiger partial charge in [0.25, 0.3) is 11.6 Å². The average Bonchev–Trinajstić information content (AvgIpc) is 2.60. The molecule has 0 radical (unpaired) electrons. The molecule has 0 aromatic heterocycles. The van der Waals surface area contributed by atoms with E-state index < -0.39 is 10.8 Å². The van der Waals surface area contributed by atoms with Gasteiger partial charge in [-0.15, -0.1) is 0 Å². The molecule has 0 aliphatic carbocycles. The summed E-state index contributed by atoms with van der Waals surface area (Å²) in [7, 11) is 0. The fourth-order valence-corrected chi connectivity index (χ4v) is 2.46. The molecule has 0 aliphatic heterocycles. The van der Waals surface area contributed by atoms with Crippen LogP contribution in [0.15, 0.2) is 36.4 Å². The normalized spacial score (nSPS) is 10.3. The molecule has 2 rings (SSSR count). The zero-order valence-corrected chi connectivity index (χ0v) is 15.3. The van der Waals surface area contributed by atoms with Gasteiger partial charge in [-0.05, 0) is 36.8 Å². The predicted molar refractivity (Wildman–Crippen MR) is 99.5 cm³/mol. The van der Waals surface area contributed by atoms with Crippen LogP contribution < -0.4 is 14.8 Å². The van der Waals surface area contributed by atoms with Crippen molar-refractivity contribution in [3.63, 3.8) is 0 Å². The molecular weight excluding hydrogens is 383 g/mol. The Balaban J connectivity index is 2.04. The fourth-order valence-electron chi connectivity index (χ4n) is 2.00. The Kier molecular flexibility index (Phi) is 7.06. The first-order chi connectivity index (χ1) is 12.4. The number of halogens is 2. The van der Waals surface area contributed by atoms with Gasteiger partial charge < -0.3 is 14.8 Å². The van der Waals surface area contributed by atoms with Crippen LogP contribution in [0.4, 0.5) is 11.4 Å². The van der Waals surface area contributed by atoms with Gasteiger partial charge in [0.2, 0.25) is 0 Å². The number of hydrogen-bond acceptors (Lipinski definition) is 5. The summed E-state index contributed by atoms with van der Waals surface area (Å²) in [5, 5.41) is 14.4. The van der Waals surface area contributed by atoms with Crippen molar-refractivity contribution in [1.29, 1.82) is 0 Å². The number of anilines is 1. The summed E-state index contributed by atoms with van der Waals surface area (Å²) < 4.78 is 10.7. The van der Waals surface area contributed by atoms with Gasteiger partial charge in [-0.25, -0.2) is 0 Å². The Morgan fingerprint density at radius 3 is 2.62 bits per heavy atom. The smallest absolute Gasteiger partial charge is 0.296 e. The molecule has 0 spiro atoms. The third kappa shape index (κ3) is 5.50. The van der Waals surface area contributed by atoms with E-state index >= 15 is 0 Å². The van der Waals surface area contributed by atoms with Crippen molar-refractivity contribution in [3.8, 4) is 11.5 Å². The quantitative estimate of drug-likeness (QED) is 0.513. The molecule has 1 amide bonds. The molecule has 0 saturated carbocycles. The Hall–Kier alpha value is -2.51. The Morgan fingerprint density at radius 2 is 1.96 bits per heavy atom. The second-order valence-electron chi connectivity index (χ2n) is 5.20. The molecule has 0 unspecified atom stereocenters. The van der Waals surface area contributed by atoms with E-state index in [1.807, 2.05) is 6.92 Å². The first kappa shape index (κ1) is 19.8. The number of rotatable bonds is 8. The van der Waals surface area contributed by atoms with Crippen molar-refractivity contribution < 1.29 is 19.2 Å². The highest BCUT2D eigenvalue weighted by Gasteiger charge is 2.18. The minimum absolute atomic E-state index is 0.0506. The predicted octanol–water partition coefficient (Wildman–Crippen LogP) is 4.71. The van der Waals surface area contributed by atoms with Gasteiger partial charge in [0.1, 0.15) is 17.2 Å². The maximum atomic E-state index is 12.0. The zero-order valence-electron chi connectivity index (χ0n) is 13.8. The van der Waals surface area contributed by atoms with E-state index in [1.54, 1.807) is 12.1 Å². The van der Waals surface area contributed by atoms with E-state index in [4.69, 9.17) is 32.7 Å². The second kappa shape index (κ2) is 9.26. The van der Waals surface area contributed by atoms with Crippen molar-refractivity contribution in [1.82, 2.24) is 0 Å². The number of nitro groups is 1. The van der Waals surface area contributed by atoms with Crippen LogP contribution >= 0.6 is 23.2 Å². The number of carbonyl (C=O) groups is 1. The van der Waals surface area contributed by atoms with Gasteiger partial charge in [-0.3, -0.25) is 14.9 Å². The molecule has 2 aromatic rings. The molecule has 0 heterocycles. The third-order valence-corrected chi connectivity index (χ3v) is 3.70. The SMILES string of the molecule is CCCOc1ccc(NC(=O)COc2ccc(Cl)cc2Cl)c([N+](=O)[O-])c1. The third-order valence-electron chi connectivity index (χ3n) is 3.17. The summed E-state index contributed by atoms with van der Waals surface area (Å²) in [5.41, 5.74) is -0.217. The summed E-state index contributed by atoms with van der Waals surface area (Å²) >= 11 is 11.7. The maximum Gasteiger partial charge on any atom is 0.296 e. The maximum absolute atomic E-state index is 12.0. The highest BCUT2D eigenvalue weighted by molar-refractivity contribution is 6.35. The van der Waals surface area contributed by atoms with Crippen LogP contribution in [0.5, 0.6) is 11.5 Å². The lowest BCUT2D eigenvalue weighted by Crippen LogP contribution is -2.20. The van der Waals surface area contributed by atoms with E-state index in [-0.39, 0.29) is 28.8 Å². The van der Waals surface area contributed by atoms with E-state index in [1.165, 1.54) is 24.3 Å². The molecule has 7 nitrogen and oxygen atoms in total. The van der Waals surface area contributed by atoms with Gasteiger partial charge in [-0.1, -0.05) is 30.1 Å². The molecule has 2 aromatic carbocycles. The van der Waals surface area contributed by atoms with Gasteiger partial charge in [-0.2, -0.15) is 0 Å². The molecule has 0 fully saturated rings. The lowest BCUT2D eigenvalue weighted by molar-refractivity contribution is -0.384. The lowest BCUT2D eigenvalue weighted by atomic mass is 10.2. The molecule has 9 heteroatoms. The standard InChI is InChI=1S/C17H16Cl2N2O5/c1-2-7-25-12-4-5-14(15(9-12)21(23)24)20-17(22)10-26-16-6-3-11(18)8-13(16)19/h3-6,8-9H,2,7,10H2,1H3,(H,20,22). The molecule has 0 aliphatic rings. The minimum atomic E-state index is -0.592. The molecule has 138 valence electrons. The fraction of sp³-hybridized carbons (Fsp3) is 0.235. The Labute approximate surface area is 160 Å². The summed E-state index contributed by atoms with van der Waals surface area (Å²) in [4.78, 5) is 22.7. The molecular formula is C17H16Cl2N2O5. The Morgan fingerprint density at radius 1 is 1.19 bits per heavy atom. The number of nitrogens with zero attached hydrogens (tertiary/aromatic N) is 1. The zero-order chi connectivity index (χ0) is 19.1. The van der Waals surface area contributed by atoms with Crippen molar-refractivity contribution >= 4 is 40.5 Å². The largest absolute Gasteiger partial charge is 0.493 e. The van der Waals surface area contributed by atoms with Crippen molar-refractivity contribution in [3.05, 3.63) is 56.6 Å². The monoisotopic (exact) mass is 398 g/mol. The summed E-state index contributed by atoms with van der Waals surface area (Å²) in [6, 6.07) is 8.81. The number of carbonyl (C=O) groups excluding carboxylic acids is 1. The van der Waals surface area contributed by atoms with Crippen molar-refractivity contribution in [2.45, 2.75) is 13.3 Å². The van der Waals surface area contributed by atoms with Crippen molar-refractivity contribution in [2.75, 3.05) is 18.5 Å².